The van der Waals surface area contributed by atoms with Gasteiger partial charge >= 0.3 is 0 Å². The third-order valence-corrected chi connectivity index (χ3v) is 2.93. The maximum atomic E-state index is 10.6. The lowest BCUT2D eigenvalue weighted by Crippen LogP contribution is -2.17. The predicted octanol–water partition coefficient (Wildman–Crippen LogP) is 1.05. The molecule has 0 aromatic rings. The fourth-order valence-electron chi connectivity index (χ4n) is 1.60. The van der Waals surface area contributed by atoms with E-state index >= 15 is 0 Å². The molecule has 2 aliphatic rings. The highest BCUT2D eigenvalue weighted by Gasteiger charge is 2.13. The van der Waals surface area contributed by atoms with E-state index in [4.69, 9.17) is 0 Å². The van der Waals surface area contributed by atoms with Crippen LogP contribution in [0.1, 0.15) is 12.8 Å². The second-order valence-electron chi connectivity index (χ2n) is 3.26. The highest BCUT2D eigenvalue weighted by molar-refractivity contribution is 7.83. The Morgan fingerprint density at radius 3 is 2.50 bits per heavy atom. The van der Waals surface area contributed by atoms with Gasteiger partial charge in [-0.2, -0.15) is 0 Å². The molecule has 1 aliphatic heterocycles. The molecule has 1 fully saturated rings. The summed E-state index contributed by atoms with van der Waals surface area (Å²) >= 11 is -2.19. The summed E-state index contributed by atoms with van der Waals surface area (Å²) in [6.45, 7) is 2.06. The van der Waals surface area contributed by atoms with Gasteiger partial charge in [-0.3, -0.25) is 4.21 Å². The predicted molar refractivity (Wildman–Crippen MR) is 52.9 cm³/mol. The van der Waals surface area contributed by atoms with Crippen LogP contribution in [0.15, 0.2) is 34.2 Å². The highest BCUT2D eigenvalue weighted by atomic mass is 32.2. The number of allylic oxidation sites excluding steroid dienone is 2. The number of rotatable bonds is 2. The van der Waals surface area contributed by atoms with Gasteiger partial charge in [0.25, 0.3) is 0 Å². The Labute approximate surface area is 85.4 Å². The summed E-state index contributed by atoms with van der Waals surface area (Å²) in [6.07, 6.45) is 5.74. The van der Waals surface area contributed by atoms with Crippen molar-refractivity contribution in [3.05, 3.63) is 34.2 Å². The molecule has 1 aliphatic carbocycles. The molecule has 0 radical (unpaired) electrons. The molecule has 3 nitrogen and oxygen atoms in total. The van der Waals surface area contributed by atoms with Crippen molar-refractivity contribution in [2.45, 2.75) is 12.8 Å². The minimum absolute atomic E-state index is 0.174. The van der Waals surface area contributed by atoms with Crippen LogP contribution in [0.3, 0.4) is 0 Å². The first-order valence-corrected chi connectivity index (χ1v) is 5.63. The summed E-state index contributed by atoms with van der Waals surface area (Å²) in [6, 6.07) is 0. The number of hydrogen-bond acceptors (Lipinski definition) is 3. The summed E-state index contributed by atoms with van der Waals surface area (Å²) in [5.41, 5.74) is 6.44. The van der Waals surface area contributed by atoms with E-state index in [0.717, 1.165) is 18.8 Å². The van der Waals surface area contributed by atoms with Gasteiger partial charge in [0.2, 0.25) is 0 Å². The number of likely N-dealkylation sites (tertiary alicyclic amines) is 1. The second kappa shape index (κ2) is 3.99. The van der Waals surface area contributed by atoms with Gasteiger partial charge in [-0.25, -0.2) is 0 Å². The molecule has 0 bridgehead atoms. The van der Waals surface area contributed by atoms with Crippen LogP contribution in [0, 0.1) is 0 Å². The summed E-state index contributed by atoms with van der Waals surface area (Å²) in [5, 5.41) is 0. The van der Waals surface area contributed by atoms with Crippen LogP contribution in [0.2, 0.25) is 0 Å². The topological polar surface area (TPSA) is 43.4 Å². The molecule has 1 atom stereocenters. The zero-order chi connectivity index (χ0) is 9.97. The van der Waals surface area contributed by atoms with Crippen molar-refractivity contribution in [1.82, 2.24) is 4.90 Å². The molecule has 1 saturated heterocycles. The van der Waals surface area contributed by atoms with Gasteiger partial charge in [0, 0.05) is 13.1 Å². The largest absolute Gasteiger partial charge is 0.768 e. The first kappa shape index (κ1) is 9.50. The summed E-state index contributed by atoms with van der Waals surface area (Å²) < 4.78 is 21.1. The van der Waals surface area contributed by atoms with Crippen molar-refractivity contribution >= 4 is 11.1 Å². The third-order valence-electron chi connectivity index (χ3n) is 2.33. The van der Waals surface area contributed by atoms with E-state index in [2.05, 4.69) is 16.4 Å². The van der Waals surface area contributed by atoms with Gasteiger partial charge in [-0.15, -0.1) is 0 Å². The van der Waals surface area contributed by atoms with E-state index in [0.29, 0.717) is 0 Å². The number of hydrogen-bond donors (Lipinski definition) is 0. The molecule has 0 saturated carbocycles. The minimum Gasteiger partial charge on any atom is -0.768 e. The summed E-state index contributed by atoms with van der Waals surface area (Å²) in [4.78, 5) is 2.36. The average Bonchev–Trinajstić information content (AvgIpc) is 2.71. The van der Waals surface area contributed by atoms with Crippen molar-refractivity contribution in [3.63, 3.8) is 0 Å². The summed E-state index contributed by atoms with van der Waals surface area (Å²) in [7, 11) is 0. The SMILES string of the molecule is O=S([O-])C1=C=C=C(N2CCCC2)C=C1. The van der Waals surface area contributed by atoms with Crippen LogP contribution in [-0.4, -0.2) is 26.8 Å². The smallest absolute Gasteiger partial charge is 0.0883 e. The molecule has 1 heterocycles. The second-order valence-corrected chi connectivity index (χ2v) is 4.17. The zero-order valence-electron chi connectivity index (χ0n) is 7.66. The molecule has 1 unspecified atom stereocenters. The Hall–Kier alpha value is -1.05. The Balaban J connectivity index is 2.27. The Bertz CT molecular complexity index is 392. The lowest BCUT2D eigenvalue weighted by molar-refractivity contribution is 0.441. The molecule has 14 heavy (non-hydrogen) atoms. The molecular formula is C10H10NO2S-. The zero-order valence-corrected chi connectivity index (χ0v) is 8.47. The first-order valence-electron chi connectivity index (χ1n) is 4.55. The lowest BCUT2D eigenvalue weighted by Gasteiger charge is -2.17. The molecule has 74 valence electrons. The van der Waals surface area contributed by atoms with E-state index in [1.807, 2.05) is 0 Å². The van der Waals surface area contributed by atoms with Crippen LogP contribution in [0.4, 0.5) is 0 Å². The van der Waals surface area contributed by atoms with E-state index in [-0.39, 0.29) is 4.91 Å². The highest BCUT2D eigenvalue weighted by Crippen LogP contribution is 2.17. The molecule has 0 N–H and O–H groups in total. The van der Waals surface area contributed by atoms with Gasteiger partial charge in [0.15, 0.2) is 0 Å². The normalized spacial score (nSPS) is 22.2. The van der Waals surface area contributed by atoms with Gasteiger partial charge in [-0.05, 0) is 41.8 Å². The van der Waals surface area contributed by atoms with E-state index in [1.165, 1.54) is 12.8 Å². The Morgan fingerprint density at radius 2 is 2.00 bits per heavy atom. The van der Waals surface area contributed by atoms with Crippen molar-refractivity contribution in [2.24, 2.45) is 0 Å². The lowest BCUT2D eigenvalue weighted by atomic mass is 10.3. The monoisotopic (exact) mass is 208 g/mol. The van der Waals surface area contributed by atoms with E-state index in [1.54, 1.807) is 12.2 Å². The average molecular weight is 208 g/mol. The molecule has 0 spiro atoms. The minimum atomic E-state index is -2.19. The molecule has 4 heteroatoms. The standard InChI is InChI=1S/C10H11NO2S/c12-14(13)10-5-3-9(4-6-10)11-7-1-2-8-11/h3,5H,1-2,7-8H2,(H,12,13)/p-1. The van der Waals surface area contributed by atoms with Crippen molar-refractivity contribution in [2.75, 3.05) is 13.1 Å². The van der Waals surface area contributed by atoms with E-state index < -0.39 is 11.1 Å². The maximum Gasteiger partial charge on any atom is 0.0883 e. The fourth-order valence-corrected chi connectivity index (χ4v) is 1.92. The van der Waals surface area contributed by atoms with E-state index in [9.17, 15) is 8.76 Å². The maximum absolute atomic E-state index is 10.6. The molecule has 0 amide bonds. The van der Waals surface area contributed by atoms with Crippen LogP contribution in [0.5, 0.6) is 0 Å². The van der Waals surface area contributed by atoms with Crippen LogP contribution < -0.4 is 0 Å². The van der Waals surface area contributed by atoms with Gasteiger partial charge in [0.05, 0.1) is 10.6 Å². The summed E-state index contributed by atoms with van der Waals surface area (Å²) in [5.74, 6) is 0. The van der Waals surface area contributed by atoms with Crippen LogP contribution in [0.25, 0.3) is 0 Å². The third kappa shape index (κ3) is 1.89. The molecule has 2 rings (SSSR count). The Kier molecular flexibility index (Phi) is 2.71. The van der Waals surface area contributed by atoms with Crippen molar-refractivity contribution < 1.29 is 8.76 Å². The van der Waals surface area contributed by atoms with Gasteiger partial charge in [0.1, 0.15) is 0 Å². The van der Waals surface area contributed by atoms with Crippen molar-refractivity contribution in [3.8, 4) is 0 Å². The Morgan fingerprint density at radius 1 is 1.29 bits per heavy atom. The fraction of sp³-hybridized carbons (Fsp3) is 0.400. The molecule has 0 aromatic carbocycles. The number of nitrogens with zero attached hydrogens (tertiary/aromatic N) is 1. The van der Waals surface area contributed by atoms with Crippen molar-refractivity contribution in [1.29, 1.82) is 0 Å². The van der Waals surface area contributed by atoms with Gasteiger partial charge < -0.3 is 9.45 Å². The molecular weight excluding hydrogens is 198 g/mol. The molecule has 0 aromatic heterocycles. The quantitative estimate of drug-likeness (QED) is 0.503. The van der Waals surface area contributed by atoms with Crippen LogP contribution in [-0.2, 0) is 11.1 Å². The van der Waals surface area contributed by atoms with Crippen LogP contribution >= 0.6 is 0 Å². The van der Waals surface area contributed by atoms with Gasteiger partial charge in [-0.1, -0.05) is 5.73 Å². The first-order chi connectivity index (χ1) is 6.77.